The molecule has 5 nitrogen and oxygen atoms in total. The molecule has 0 amide bonds. The first-order chi connectivity index (χ1) is 15.0. The monoisotopic (exact) mass is 434 g/mol. The van der Waals surface area contributed by atoms with E-state index in [0.717, 1.165) is 23.8 Å². The topological polar surface area (TPSA) is 42.3 Å². The van der Waals surface area contributed by atoms with Crippen LogP contribution in [-0.2, 0) is 4.74 Å². The lowest BCUT2D eigenvalue weighted by Crippen LogP contribution is -2.31. The van der Waals surface area contributed by atoms with Gasteiger partial charge in [-0.25, -0.2) is 0 Å². The van der Waals surface area contributed by atoms with E-state index in [1.165, 1.54) is 28.2 Å². The molecule has 1 aromatic carbocycles. The van der Waals surface area contributed by atoms with Gasteiger partial charge in [0.25, 0.3) is 0 Å². The molecule has 0 aliphatic carbocycles. The molecule has 1 aliphatic rings. The zero-order valence-electron chi connectivity index (χ0n) is 18.6. The van der Waals surface area contributed by atoms with Crippen LogP contribution in [0.4, 0.5) is 0 Å². The molecule has 1 fully saturated rings. The number of hydrogen-bond donors (Lipinski definition) is 1. The first-order valence-corrected chi connectivity index (χ1v) is 11.2. The SMILES string of the molecule is COCCCN1C(=S)N[C@H](c2ccccn2)[C@H]1c1c(C)c(C)n(-c2ccccc2)c1C. The lowest BCUT2D eigenvalue weighted by molar-refractivity contribution is 0.180. The Morgan fingerprint density at radius 2 is 1.77 bits per heavy atom. The summed E-state index contributed by atoms with van der Waals surface area (Å²) in [6.45, 7) is 8.18. The maximum Gasteiger partial charge on any atom is 0.170 e. The number of rotatable bonds is 7. The Morgan fingerprint density at radius 3 is 2.45 bits per heavy atom. The van der Waals surface area contributed by atoms with E-state index in [0.29, 0.717) is 6.61 Å². The van der Waals surface area contributed by atoms with Gasteiger partial charge in [0.15, 0.2) is 5.11 Å². The van der Waals surface area contributed by atoms with Crippen molar-refractivity contribution in [2.24, 2.45) is 0 Å². The van der Waals surface area contributed by atoms with Crippen LogP contribution >= 0.6 is 12.2 Å². The van der Waals surface area contributed by atoms with Crippen molar-refractivity contribution >= 4 is 17.3 Å². The predicted molar refractivity (Wildman–Crippen MR) is 129 cm³/mol. The maximum atomic E-state index is 5.80. The smallest absolute Gasteiger partial charge is 0.170 e. The maximum absolute atomic E-state index is 5.80. The molecule has 1 saturated heterocycles. The number of aromatic nitrogens is 2. The highest BCUT2D eigenvalue weighted by molar-refractivity contribution is 7.80. The Kier molecular flexibility index (Phi) is 6.39. The highest BCUT2D eigenvalue weighted by Crippen LogP contribution is 2.43. The average Bonchev–Trinajstić information content (AvgIpc) is 3.22. The molecule has 3 heterocycles. The summed E-state index contributed by atoms with van der Waals surface area (Å²) in [5.74, 6) is 0. The van der Waals surface area contributed by atoms with Crippen LogP contribution in [0.2, 0.25) is 0 Å². The molecule has 2 aromatic heterocycles. The molecule has 1 N–H and O–H groups in total. The van der Waals surface area contributed by atoms with Gasteiger partial charge in [0.1, 0.15) is 0 Å². The minimum absolute atomic E-state index is 0.000307. The van der Waals surface area contributed by atoms with Crippen LogP contribution in [-0.4, -0.2) is 39.8 Å². The van der Waals surface area contributed by atoms with E-state index in [1.54, 1.807) is 7.11 Å². The number of nitrogens with one attached hydrogen (secondary N) is 1. The summed E-state index contributed by atoms with van der Waals surface area (Å²) in [6.07, 6.45) is 2.77. The Bertz CT molecular complexity index is 1050. The molecule has 0 unspecified atom stereocenters. The minimum Gasteiger partial charge on any atom is -0.385 e. The number of nitrogens with zero attached hydrogens (tertiary/aromatic N) is 3. The molecule has 6 heteroatoms. The summed E-state index contributed by atoms with van der Waals surface area (Å²) in [6, 6.07) is 16.7. The van der Waals surface area contributed by atoms with Crippen LogP contribution in [0, 0.1) is 20.8 Å². The lowest BCUT2D eigenvalue weighted by Gasteiger charge is -2.29. The lowest BCUT2D eigenvalue weighted by atomic mass is 9.93. The molecule has 0 radical (unpaired) electrons. The number of para-hydroxylation sites is 1. The zero-order chi connectivity index (χ0) is 22.0. The fourth-order valence-corrected chi connectivity index (χ4v) is 5.08. The fraction of sp³-hybridized carbons (Fsp3) is 0.360. The minimum atomic E-state index is -0.000307. The van der Waals surface area contributed by atoms with Crippen molar-refractivity contribution in [3.05, 3.63) is 82.9 Å². The molecular formula is C25H30N4OS. The third-order valence-electron chi connectivity index (χ3n) is 6.26. The average molecular weight is 435 g/mol. The number of methoxy groups -OCH3 is 1. The van der Waals surface area contributed by atoms with Gasteiger partial charge in [-0.1, -0.05) is 24.3 Å². The van der Waals surface area contributed by atoms with Gasteiger partial charge >= 0.3 is 0 Å². The van der Waals surface area contributed by atoms with Gasteiger partial charge in [-0.2, -0.15) is 0 Å². The molecule has 4 rings (SSSR count). The molecule has 162 valence electrons. The first kappa shape index (κ1) is 21.5. The van der Waals surface area contributed by atoms with Crippen molar-refractivity contribution in [3.8, 4) is 5.69 Å². The van der Waals surface area contributed by atoms with E-state index in [1.807, 2.05) is 18.3 Å². The van der Waals surface area contributed by atoms with Gasteiger partial charge < -0.3 is 19.5 Å². The summed E-state index contributed by atoms with van der Waals surface area (Å²) in [4.78, 5) is 6.99. The second kappa shape index (κ2) is 9.20. The first-order valence-electron chi connectivity index (χ1n) is 10.8. The number of thiocarbonyl (C=S) groups is 1. The third-order valence-corrected chi connectivity index (χ3v) is 6.62. The third kappa shape index (κ3) is 3.98. The summed E-state index contributed by atoms with van der Waals surface area (Å²) < 4.78 is 7.67. The van der Waals surface area contributed by atoms with Gasteiger partial charge in [0.05, 0.1) is 17.8 Å². The fourth-order valence-electron chi connectivity index (χ4n) is 4.75. The summed E-state index contributed by atoms with van der Waals surface area (Å²) in [7, 11) is 1.74. The van der Waals surface area contributed by atoms with E-state index in [2.05, 4.69) is 76.9 Å². The Balaban J connectivity index is 1.84. The van der Waals surface area contributed by atoms with E-state index in [4.69, 9.17) is 17.0 Å². The second-order valence-electron chi connectivity index (χ2n) is 8.05. The molecule has 0 spiro atoms. The van der Waals surface area contributed by atoms with Crippen LogP contribution in [0.3, 0.4) is 0 Å². The van der Waals surface area contributed by atoms with Gasteiger partial charge in [-0.05, 0) is 69.2 Å². The van der Waals surface area contributed by atoms with Gasteiger partial charge in [0.2, 0.25) is 0 Å². The molecule has 0 bridgehead atoms. The molecule has 31 heavy (non-hydrogen) atoms. The second-order valence-corrected chi connectivity index (χ2v) is 8.43. The quantitative estimate of drug-likeness (QED) is 0.427. The van der Waals surface area contributed by atoms with E-state index in [-0.39, 0.29) is 12.1 Å². The zero-order valence-corrected chi connectivity index (χ0v) is 19.4. The molecular weight excluding hydrogens is 404 g/mol. The van der Waals surface area contributed by atoms with Crippen molar-refractivity contribution in [1.82, 2.24) is 19.8 Å². The normalized spacial score (nSPS) is 18.5. The molecule has 1 aliphatic heterocycles. The largest absolute Gasteiger partial charge is 0.385 e. The van der Waals surface area contributed by atoms with E-state index in [9.17, 15) is 0 Å². The van der Waals surface area contributed by atoms with Crippen molar-refractivity contribution in [2.75, 3.05) is 20.3 Å². The Hall–Kier alpha value is -2.70. The summed E-state index contributed by atoms with van der Waals surface area (Å²) in [5.41, 5.74) is 7.31. The van der Waals surface area contributed by atoms with Gasteiger partial charge in [0, 0.05) is 49.1 Å². The van der Waals surface area contributed by atoms with Crippen LogP contribution < -0.4 is 5.32 Å². The highest BCUT2D eigenvalue weighted by Gasteiger charge is 2.42. The van der Waals surface area contributed by atoms with Gasteiger partial charge in [-0.15, -0.1) is 0 Å². The van der Waals surface area contributed by atoms with Crippen molar-refractivity contribution in [3.63, 3.8) is 0 Å². The number of benzene rings is 1. The number of ether oxygens (including phenoxy) is 1. The van der Waals surface area contributed by atoms with Gasteiger partial charge in [-0.3, -0.25) is 4.98 Å². The van der Waals surface area contributed by atoms with Crippen molar-refractivity contribution in [1.29, 1.82) is 0 Å². The van der Waals surface area contributed by atoms with Crippen molar-refractivity contribution in [2.45, 2.75) is 39.3 Å². The molecule has 2 atom stereocenters. The number of hydrogen-bond acceptors (Lipinski definition) is 3. The predicted octanol–water partition coefficient (Wildman–Crippen LogP) is 4.81. The van der Waals surface area contributed by atoms with Crippen LogP contribution in [0.25, 0.3) is 5.69 Å². The van der Waals surface area contributed by atoms with Crippen LogP contribution in [0.5, 0.6) is 0 Å². The van der Waals surface area contributed by atoms with Crippen LogP contribution in [0.1, 0.15) is 46.7 Å². The Morgan fingerprint density at radius 1 is 1.03 bits per heavy atom. The molecule has 3 aromatic rings. The standard InChI is InChI=1S/C25H30N4OS/c1-17-18(2)29(20-11-6-5-7-12-20)19(3)22(17)24-23(21-13-8-9-14-26-21)27-25(31)28(24)15-10-16-30-4/h5-9,11-14,23-24H,10,15-16H2,1-4H3,(H,27,31)/t23-,24-/m1/s1. The highest BCUT2D eigenvalue weighted by atomic mass is 32.1. The summed E-state index contributed by atoms with van der Waals surface area (Å²) >= 11 is 5.80. The number of pyridine rings is 1. The molecule has 0 saturated carbocycles. The van der Waals surface area contributed by atoms with Crippen molar-refractivity contribution < 1.29 is 4.74 Å². The van der Waals surface area contributed by atoms with E-state index >= 15 is 0 Å². The Labute approximate surface area is 190 Å². The summed E-state index contributed by atoms with van der Waals surface area (Å²) in [5, 5.41) is 4.34. The van der Waals surface area contributed by atoms with E-state index < -0.39 is 0 Å². The van der Waals surface area contributed by atoms with Crippen LogP contribution in [0.15, 0.2) is 54.7 Å².